The summed E-state index contributed by atoms with van der Waals surface area (Å²) in [6.45, 7) is 7.99. The highest BCUT2D eigenvalue weighted by Crippen LogP contribution is 2.24. The number of hydrogen-bond acceptors (Lipinski definition) is 2. The van der Waals surface area contributed by atoms with E-state index in [9.17, 15) is 4.79 Å². The molecule has 0 bridgehead atoms. The Morgan fingerprint density at radius 2 is 1.78 bits per heavy atom. The van der Waals surface area contributed by atoms with Crippen LogP contribution in [-0.4, -0.2) is 48.4 Å². The van der Waals surface area contributed by atoms with Crippen LogP contribution < -0.4 is 0 Å². The first-order valence-corrected chi connectivity index (χ1v) is 11.3. The maximum atomic E-state index is 12.9. The summed E-state index contributed by atoms with van der Waals surface area (Å²) in [5, 5.41) is 0. The lowest BCUT2D eigenvalue weighted by Crippen LogP contribution is -2.45. The number of rotatable bonds is 4. The fourth-order valence-electron chi connectivity index (χ4n) is 5.23. The molecule has 4 rings (SSSR count). The van der Waals surface area contributed by atoms with Crippen molar-refractivity contribution in [1.82, 2.24) is 9.80 Å². The zero-order chi connectivity index (χ0) is 18.6. The highest BCUT2D eigenvalue weighted by molar-refractivity contribution is 5.79. The standard InChI is InChI=1S/C24H36N2O/c1-19-10-13-25(14-11-19)17-21-5-4-12-26(18-21)24(27)16-20-8-9-22-6-2-3-7-23(22)15-20/h8-9,15,19,21H,2-7,10-14,16-18H2,1H3. The minimum absolute atomic E-state index is 0.336. The van der Waals surface area contributed by atoms with E-state index in [-0.39, 0.29) is 0 Å². The molecular formula is C24H36N2O. The minimum atomic E-state index is 0.336. The molecule has 2 aliphatic heterocycles. The lowest BCUT2D eigenvalue weighted by molar-refractivity contribution is -0.132. The second kappa shape index (κ2) is 8.77. The van der Waals surface area contributed by atoms with Crippen LogP contribution in [0.1, 0.15) is 62.1 Å². The molecule has 2 heterocycles. The number of amides is 1. The molecule has 0 N–H and O–H groups in total. The molecule has 0 radical (unpaired) electrons. The van der Waals surface area contributed by atoms with Gasteiger partial charge in [0, 0.05) is 19.6 Å². The predicted molar refractivity (Wildman–Crippen MR) is 111 cm³/mol. The number of benzene rings is 1. The van der Waals surface area contributed by atoms with E-state index in [0.29, 0.717) is 18.2 Å². The monoisotopic (exact) mass is 368 g/mol. The summed E-state index contributed by atoms with van der Waals surface area (Å²) < 4.78 is 0. The van der Waals surface area contributed by atoms with Crippen LogP contribution in [0.25, 0.3) is 0 Å². The normalized spacial score (nSPS) is 24.6. The summed E-state index contributed by atoms with van der Waals surface area (Å²) in [4.78, 5) is 17.7. The Kier molecular flexibility index (Phi) is 6.17. The van der Waals surface area contributed by atoms with Gasteiger partial charge in [0.25, 0.3) is 0 Å². The second-order valence-electron chi connectivity index (χ2n) is 9.32. The predicted octanol–water partition coefficient (Wildman–Crippen LogP) is 4.08. The van der Waals surface area contributed by atoms with Gasteiger partial charge in [-0.25, -0.2) is 0 Å². The molecule has 2 saturated heterocycles. The zero-order valence-electron chi connectivity index (χ0n) is 17.1. The Bertz CT molecular complexity index is 648. The van der Waals surface area contributed by atoms with Crippen molar-refractivity contribution in [3.05, 3.63) is 34.9 Å². The first-order chi connectivity index (χ1) is 13.2. The largest absolute Gasteiger partial charge is 0.342 e. The van der Waals surface area contributed by atoms with E-state index in [4.69, 9.17) is 0 Å². The Labute approximate surface area is 165 Å². The van der Waals surface area contributed by atoms with Gasteiger partial charge in [0.15, 0.2) is 0 Å². The zero-order valence-corrected chi connectivity index (χ0v) is 17.1. The molecule has 1 aromatic rings. The summed E-state index contributed by atoms with van der Waals surface area (Å²) in [6.07, 6.45) is 10.7. The first kappa shape index (κ1) is 19.0. The third-order valence-corrected chi connectivity index (χ3v) is 7.03. The number of carbonyl (C=O) groups excluding carboxylic acids is 1. The Balaban J connectivity index is 1.30. The van der Waals surface area contributed by atoms with Gasteiger partial charge >= 0.3 is 0 Å². The van der Waals surface area contributed by atoms with Gasteiger partial charge in [-0.15, -0.1) is 0 Å². The molecule has 0 aromatic heterocycles. The number of hydrogen-bond donors (Lipinski definition) is 0. The fourth-order valence-corrected chi connectivity index (χ4v) is 5.23. The van der Waals surface area contributed by atoms with Crippen LogP contribution in [0.3, 0.4) is 0 Å². The van der Waals surface area contributed by atoms with Gasteiger partial charge in [0.1, 0.15) is 0 Å². The van der Waals surface area contributed by atoms with Crippen LogP contribution in [-0.2, 0) is 24.1 Å². The molecular weight excluding hydrogens is 332 g/mol. The molecule has 3 aliphatic rings. The van der Waals surface area contributed by atoms with E-state index >= 15 is 0 Å². The Hall–Kier alpha value is -1.35. The van der Waals surface area contributed by atoms with Gasteiger partial charge in [-0.3, -0.25) is 4.79 Å². The topological polar surface area (TPSA) is 23.6 Å². The van der Waals surface area contributed by atoms with Crippen molar-refractivity contribution in [3.8, 4) is 0 Å². The number of nitrogens with zero attached hydrogens (tertiary/aromatic N) is 2. The van der Waals surface area contributed by atoms with E-state index in [1.807, 2.05) is 0 Å². The van der Waals surface area contributed by atoms with Crippen LogP contribution in [0.5, 0.6) is 0 Å². The van der Waals surface area contributed by atoms with Crippen LogP contribution in [0.2, 0.25) is 0 Å². The molecule has 1 atom stereocenters. The van der Waals surface area contributed by atoms with Gasteiger partial charge in [-0.2, -0.15) is 0 Å². The Morgan fingerprint density at radius 3 is 2.59 bits per heavy atom. The molecule has 27 heavy (non-hydrogen) atoms. The van der Waals surface area contributed by atoms with Gasteiger partial charge in [-0.05, 0) is 93.0 Å². The van der Waals surface area contributed by atoms with Crippen molar-refractivity contribution in [2.24, 2.45) is 11.8 Å². The average molecular weight is 369 g/mol. The maximum absolute atomic E-state index is 12.9. The van der Waals surface area contributed by atoms with E-state index in [2.05, 4.69) is 34.9 Å². The summed E-state index contributed by atoms with van der Waals surface area (Å²) in [6, 6.07) is 6.77. The van der Waals surface area contributed by atoms with Crippen molar-refractivity contribution in [2.45, 2.75) is 64.7 Å². The molecule has 1 amide bonds. The highest BCUT2D eigenvalue weighted by atomic mass is 16.2. The van der Waals surface area contributed by atoms with Crippen molar-refractivity contribution in [1.29, 1.82) is 0 Å². The highest BCUT2D eigenvalue weighted by Gasteiger charge is 2.26. The third kappa shape index (κ3) is 4.93. The lowest BCUT2D eigenvalue weighted by Gasteiger charge is -2.38. The molecule has 3 heteroatoms. The van der Waals surface area contributed by atoms with E-state index in [1.54, 1.807) is 0 Å². The van der Waals surface area contributed by atoms with Crippen molar-refractivity contribution in [2.75, 3.05) is 32.7 Å². The molecule has 0 saturated carbocycles. The number of fused-ring (bicyclic) bond motifs is 1. The van der Waals surface area contributed by atoms with Gasteiger partial charge < -0.3 is 9.80 Å². The van der Waals surface area contributed by atoms with Gasteiger partial charge in [-0.1, -0.05) is 25.1 Å². The van der Waals surface area contributed by atoms with Gasteiger partial charge in [0.05, 0.1) is 6.42 Å². The van der Waals surface area contributed by atoms with Crippen molar-refractivity contribution < 1.29 is 4.79 Å². The second-order valence-corrected chi connectivity index (χ2v) is 9.32. The first-order valence-electron chi connectivity index (χ1n) is 11.3. The average Bonchev–Trinajstić information content (AvgIpc) is 2.70. The summed E-state index contributed by atoms with van der Waals surface area (Å²) >= 11 is 0. The summed E-state index contributed by atoms with van der Waals surface area (Å²) in [5.41, 5.74) is 4.21. The fraction of sp³-hybridized carbons (Fsp3) is 0.708. The van der Waals surface area contributed by atoms with Gasteiger partial charge in [0.2, 0.25) is 5.91 Å². The molecule has 1 unspecified atom stereocenters. The van der Waals surface area contributed by atoms with Crippen molar-refractivity contribution in [3.63, 3.8) is 0 Å². The lowest BCUT2D eigenvalue weighted by atomic mass is 9.89. The van der Waals surface area contributed by atoms with Crippen LogP contribution in [0.15, 0.2) is 18.2 Å². The van der Waals surface area contributed by atoms with Crippen LogP contribution >= 0.6 is 0 Å². The molecule has 1 aliphatic carbocycles. The number of piperidine rings is 2. The van der Waals surface area contributed by atoms with Crippen LogP contribution in [0, 0.1) is 11.8 Å². The van der Waals surface area contributed by atoms with E-state index in [1.165, 1.54) is 87.7 Å². The minimum Gasteiger partial charge on any atom is -0.342 e. The number of aryl methyl sites for hydroxylation is 2. The smallest absolute Gasteiger partial charge is 0.226 e. The Morgan fingerprint density at radius 1 is 1.00 bits per heavy atom. The molecule has 148 valence electrons. The van der Waals surface area contributed by atoms with Crippen molar-refractivity contribution >= 4 is 5.91 Å². The number of carbonyl (C=O) groups is 1. The summed E-state index contributed by atoms with van der Waals surface area (Å²) in [5.74, 6) is 1.89. The molecule has 3 nitrogen and oxygen atoms in total. The SMILES string of the molecule is CC1CCN(CC2CCCN(C(=O)Cc3ccc4c(c3)CCCC4)C2)CC1. The third-order valence-electron chi connectivity index (χ3n) is 7.03. The van der Waals surface area contributed by atoms with E-state index < -0.39 is 0 Å². The quantitative estimate of drug-likeness (QED) is 0.799. The molecule has 2 fully saturated rings. The molecule has 1 aromatic carbocycles. The molecule has 0 spiro atoms. The number of likely N-dealkylation sites (tertiary alicyclic amines) is 2. The van der Waals surface area contributed by atoms with E-state index in [0.717, 1.165) is 19.0 Å². The van der Waals surface area contributed by atoms with Crippen LogP contribution in [0.4, 0.5) is 0 Å². The summed E-state index contributed by atoms with van der Waals surface area (Å²) in [7, 11) is 0. The maximum Gasteiger partial charge on any atom is 0.226 e.